The van der Waals surface area contributed by atoms with E-state index in [4.69, 9.17) is 5.26 Å². The van der Waals surface area contributed by atoms with Crippen LogP contribution in [-0.4, -0.2) is 48.0 Å². The monoisotopic (exact) mass is 361 g/mol. The first-order valence-electron chi connectivity index (χ1n) is 9.72. The molecule has 1 aliphatic heterocycles. The highest BCUT2D eigenvalue weighted by molar-refractivity contribution is 5.78. The summed E-state index contributed by atoms with van der Waals surface area (Å²) in [6.45, 7) is 13.0. The molecule has 0 radical (unpaired) electrons. The molecule has 0 aromatic carbocycles. The van der Waals surface area contributed by atoms with Crippen LogP contribution in [0.2, 0.25) is 0 Å². The van der Waals surface area contributed by atoms with Gasteiger partial charge in [-0.15, -0.1) is 0 Å². The summed E-state index contributed by atoms with van der Waals surface area (Å²) < 4.78 is 0. The molecule has 6 heteroatoms. The summed E-state index contributed by atoms with van der Waals surface area (Å²) in [7, 11) is 0. The van der Waals surface area contributed by atoms with Crippen LogP contribution in [0.1, 0.15) is 59.4 Å². The predicted octanol–water partition coefficient (Wildman–Crippen LogP) is 3.41. The number of hydrogen-bond acceptors (Lipinski definition) is 5. The molecule has 1 atom stereocenters. The second kappa shape index (κ2) is 15.2. The van der Waals surface area contributed by atoms with E-state index in [1.54, 1.807) is 12.1 Å². The summed E-state index contributed by atoms with van der Waals surface area (Å²) in [5.41, 5.74) is 0.545. The Morgan fingerprint density at radius 1 is 1.35 bits per heavy atom. The lowest BCUT2D eigenvalue weighted by atomic mass is 10.2. The van der Waals surface area contributed by atoms with Crippen molar-refractivity contribution in [3.05, 3.63) is 23.9 Å². The molecule has 0 aliphatic carbocycles. The molecule has 6 nitrogen and oxygen atoms in total. The number of nitrogens with one attached hydrogen (secondary N) is 2. The van der Waals surface area contributed by atoms with Crippen LogP contribution in [0.25, 0.3) is 0 Å². The molecular weight excluding hydrogens is 326 g/mol. The highest BCUT2D eigenvalue weighted by atomic mass is 16.2. The largest absolute Gasteiger partial charge is 0.369 e. The molecule has 0 spiro atoms. The quantitative estimate of drug-likeness (QED) is 0.759. The van der Waals surface area contributed by atoms with Crippen molar-refractivity contribution in [2.45, 2.75) is 59.9 Å². The second-order valence-electron chi connectivity index (χ2n) is 5.93. The minimum Gasteiger partial charge on any atom is -0.369 e. The van der Waals surface area contributed by atoms with Gasteiger partial charge in [0.2, 0.25) is 5.91 Å². The molecule has 2 N–H and O–H groups in total. The summed E-state index contributed by atoms with van der Waals surface area (Å²) >= 11 is 0. The van der Waals surface area contributed by atoms with Gasteiger partial charge in [0.15, 0.2) is 0 Å². The Balaban J connectivity index is 0.00000113. The molecule has 1 unspecified atom stereocenters. The van der Waals surface area contributed by atoms with Gasteiger partial charge in [-0.3, -0.25) is 4.79 Å². The maximum atomic E-state index is 12.0. The molecule has 1 saturated heterocycles. The van der Waals surface area contributed by atoms with Crippen LogP contribution in [0.3, 0.4) is 0 Å². The van der Waals surface area contributed by atoms with E-state index >= 15 is 0 Å². The maximum Gasteiger partial charge on any atom is 0.236 e. The third kappa shape index (κ3) is 9.38. The van der Waals surface area contributed by atoms with Crippen molar-refractivity contribution in [1.82, 2.24) is 15.2 Å². The Bertz CT molecular complexity index is 524. The van der Waals surface area contributed by atoms with Crippen LogP contribution >= 0.6 is 0 Å². The van der Waals surface area contributed by atoms with Crippen molar-refractivity contribution in [2.75, 3.05) is 31.5 Å². The van der Waals surface area contributed by atoms with Crippen LogP contribution in [0.5, 0.6) is 0 Å². The topological polar surface area (TPSA) is 81.0 Å². The molecule has 1 fully saturated rings. The van der Waals surface area contributed by atoms with Crippen molar-refractivity contribution in [3.63, 3.8) is 0 Å². The van der Waals surface area contributed by atoms with Crippen LogP contribution in [0.15, 0.2) is 18.3 Å². The number of likely N-dealkylation sites (tertiary alicyclic amines) is 1. The summed E-state index contributed by atoms with van der Waals surface area (Å²) in [5.74, 6) is 0.909. The van der Waals surface area contributed by atoms with E-state index in [1.165, 1.54) is 12.6 Å². The Kier molecular flexibility index (Phi) is 13.9. The van der Waals surface area contributed by atoms with Crippen LogP contribution in [0, 0.1) is 11.3 Å². The lowest BCUT2D eigenvalue weighted by molar-refractivity contribution is -0.130. The van der Waals surface area contributed by atoms with Crippen molar-refractivity contribution < 1.29 is 4.79 Å². The fourth-order valence-electron chi connectivity index (χ4n) is 2.44. The van der Waals surface area contributed by atoms with Gasteiger partial charge in [-0.25, -0.2) is 4.98 Å². The zero-order valence-corrected chi connectivity index (χ0v) is 17.0. The fourth-order valence-corrected chi connectivity index (χ4v) is 2.44. The number of nitrogens with zero attached hydrogens (tertiary/aromatic N) is 3. The van der Waals surface area contributed by atoms with Crippen molar-refractivity contribution in [1.29, 1.82) is 5.26 Å². The molecule has 1 aromatic rings. The zero-order valence-electron chi connectivity index (χ0n) is 17.0. The molecule has 26 heavy (non-hydrogen) atoms. The molecule has 1 amide bonds. The maximum absolute atomic E-state index is 12.0. The third-order valence-corrected chi connectivity index (χ3v) is 3.65. The summed E-state index contributed by atoms with van der Waals surface area (Å²) in [4.78, 5) is 18.0. The number of pyridine rings is 1. The van der Waals surface area contributed by atoms with E-state index in [0.717, 1.165) is 25.2 Å². The number of nitriles is 1. The number of carbonyl (C=O) groups excluding carboxylic acids is 1. The molecule has 1 aromatic heterocycles. The number of rotatable bonds is 6. The lowest BCUT2D eigenvalue weighted by Gasteiger charge is -2.21. The lowest BCUT2D eigenvalue weighted by Crippen LogP contribution is -2.40. The van der Waals surface area contributed by atoms with E-state index in [2.05, 4.69) is 36.4 Å². The van der Waals surface area contributed by atoms with Gasteiger partial charge in [0.05, 0.1) is 12.1 Å². The van der Waals surface area contributed by atoms with Gasteiger partial charge in [-0.05, 0) is 31.9 Å². The SMILES string of the molecule is CC.CC1CCCN1C(=O)CNCCNc1ccc(C#N)cn1.CCC. The standard InChI is InChI=1S/C15H21N5O.C3H8.C2H6/c1-12-3-2-8-20(12)15(21)11-17-6-7-18-14-5-4-13(9-16)10-19-14;1-3-2;1-2/h4-5,10,12,17H,2-3,6-8,11H2,1H3,(H,18,19);3H2,1-2H3;1-2H3. The Morgan fingerprint density at radius 3 is 2.54 bits per heavy atom. The van der Waals surface area contributed by atoms with E-state index in [9.17, 15) is 4.79 Å². The summed E-state index contributed by atoms with van der Waals surface area (Å²) in [6, 6.07) is 5.90. The van der Waals surface area contributed by atoms with E-state index in [-0.39, 0.29) is 5.91 Å². The van der Waals surface area contributed by atoms with Gasteiger partial charge < -0.3 is 15.5 Å². The zero-order chi connectivity index (χ0) is 19.8. The van der Waals surface area contributed by atoms with Gasteiger partial charge >= 0.3 is 0 Å². The average molecular weight is 362 g/mol. The molecule has 2 heterocycles. The van der Waals surface area contributed by atoms with Crippen molar-refractivity contribution in [2.24, 2.45) is 0 Å². The van der Waals surface area contributed by atoms with Gasteiger partial charge in [0, 0.05) is 31.9 Å². The number of aromatic nitrogens is 1. The van der Waals surface area contributed by atoms with E-state index in [0.29, 0.717) is 31.2 Å². The number of amides is 1. The normalized spacial score (nSPS) is 15.1. The van der Waals surface area contributed by atoms with Gasteiger partial charge in [-0.2, -0.15) is 5.26 Å². The molecular formula is C20H35N5O. The molecule has 0 bridgehead atoms. The highest BCUT2D eigenvalue weighted by Gasteiger charge is 2.24. The van der Waals surface area contributed by atoms with E-state index in [1.807, 2.05) is 24.8 Å². The van der Waals surface area contributed by atoms with Gasteiger partial charge in [0.1, 0.15) is 11.9 Å². The first-order valence-corrected chi connectivity index (χ1v) is 9.72. The Labute approximate surface area is 159 Å². The summed E-state index contributed by atoms with van der Waals surface area (Å²) in [6.07, 6.45) is 5.00. The molecule has 1 aliphatic rings. The second-order valence-corrected chi connectivity index (χ2v) is 5.93. The van der Waals surface area contributed by atoms with Crippen LogP contribution in [-0.2, 0) is 4.79 Å². The summed E-state index contributed by atoms with van der Waals surface area (Å²) in [5, 5.41) is 15.0. The van der Waals surface area contributed by atoms with Gasteiger partial charge in [0.25, 0.3) is 0 Å². The minimum atomic E-state index is 0.177. The number of hydrogen-bond donors (Lipinski definition) is 2. The first-order chi connectivity index (χ1) is 12.6. The van der Waals surface area contributed by atoms with Gasteiger partial charge in [-0.1, -0.05) is 34.1 Å². The van der Waals surface area contributed by atoms with E-state index < -0.39 is 0 Å². The fraction of sp³-hybridized carbons (Fsp3) is 0.650. The smallest absolute Gasteiger partial charge is 0.236 e. The van der Waals surface area contributed by atoms with Crippen molar-refractivity contribution in [3.8, 4) is 6.07 Å². The molecule has 0 saturated carbocycles. The first kappa shape index (κ1) is 23.9. The Morgan fingerprint density at radius 2 is 2.04 bits per heavy atom. The van der Waals surface area contributed by atoms with Crippen LogP contribution < -0.4 is 10.6 Å². The highest BCUT2D eigenvalue weighted by Crippen LogP contribution is 2.15. The number of anilines is 1. The molecule has 2 rings (SSSR count). The Hall–Kier alpha value is -2.13. The average Bonchev–Trinajstić information content (AvgIpc) is 3.10. The third-order valence-electron chi connectivity index (χ3n) is 3.65. The molecule has 146 valence electrons. The van der Waals surface area contributed by atoms with Crippen molar-refractivity contribution >= 4 is 11.7 Å². The van der Waals surface area contributed by atoms with Crippen LogP contribution in [0.4, 0.5) is 5.82 Å². The number of carbonyl (C=O) groups is 1. The minimum absolute atomic E-state index is 0.177. The predicted molar refractivity (Wildman–Crippen MR) is 108 cm³/mol.